The molecule has 1 aliphatic rings. The van der Waals surface area contributed by atoms with E-state index >= 15 is 0 Å². The number of esters is 1. The largest absolute Gasteiger partial charge is 0.465 e. The summed E-state index contributed by atoms with van der Waals surface area (Å²) in [6.07, 6.45) is 0. The molecule has 124 valence electrons. The maximum Gasteiger partial charge on any atom is 0.337 e. The maximum atomic E-state index is 14.2. The highest BCUT2D eigenvalue weighted by Crippen LogP contribution is 2.44. The van der Waals surface area contributed by atoms with Gasteiger partial charge in [-0.15, -0.1) is 11.8 Å². The highest BCUT2D eigenvalue weighted by atomic mass is 35.5. The van der Waals surface area contributed by atoms with Gasteiger partial charge < -0.3 is 4.74 Å². The zero-order valence-corrected chi connectivity index (χ0v) is 14.2. The second-order valence-corrected chi connectivity index (χ2v) is 6.58. The predicted octanol–water partition coefficient (Wildman–Crippen LogP) is 4.04. The molecule has 3 rings (SSSR count). The highest BCUT2D eigenvalue weighted by Gasteiger charge is 2.36. The Hall–Kier alpha value is -2.05. The molecular weight excluding hydrogens is 353 g/mol. The summed E-state index contributed by atoms with van der Waals surface area (Å²) in [5.41, 5.74) is 1.23. The van der Waals surface area contributed by atoms with Crippen molar-refractivity contribution in [2.75, 3.05) is 17.8 Å². The van der Waals surface area contributed by atoms with Crippen LogP contribution in [0.15, 0.2) is 42.5 Å². The van der Waals surface area contributed by atoms with Gasteiger partial charge in [0.1, 0.15) is 11.2 Å². The normalized spacial score (nSPS) is 17.2. The molecule has 0 N–H and O–H groups in total. The van der Waals surface area contributed by atoms with Crippen molar-refractivity contribution in [3.8, 4) is 0 Å². The summed E-state index contributed by atoms with van der Waals surface area (Å²) in [7, 11) is 1.30. The molecule has 24 heavy (non-hydrogen) atoms. The zero-order chi connectivity index (χ0) is 17.3. The number of thioether (sulfide) groups is 1. The smallest absolute Gasteiger partial charge is 0.337 e. The van der Waals surface area contributed by atoms with E-state index in [4.69, 9.17) is 11.6 Å². The van der Waals surface area contributed by atoms with Crippen molar-refractivity contribution in [1.29, 1.82) is 0 Å². The minimum Gasteiger partial charge on any atom is -0.465 e. The Balaban J connectivity index is 1.98. The average molecular weight is 366 g/mol. The summed E-state index contributed by atoms with van der Waals surface area (Å²) in [6.45, 7) is 0. The highest BCUT2D eigenvalue weighted by molar-refractivity contribution is 8.00. The van der Waals surface area contributed by atoms with Crippen LogP contribution < -0.4 is 4.90 Å². The van der Waals surface area contributed by atoms with Gasteiger partial charge >= 0.3 is 5.97 Å². The van der Waals surface area contributed by atoms with Gasteiger partial charge in [0.25, 0.3) is 0 Å². The lowest BCUT2D eigenvalue weighted by molar-refractivity contribution is -0.115. The SMILES string of the molecule is COC(=O)c1ccc(N2C(=O)CS[C@H]2c2c(F)cccc2Cl)cc1. The third kappa shape index (κ3) is 2.99. The first-order valence-electron chi connectivity index (χ1n) is 7.09. The van der Waals surface area contributed by atoms with Crippen molar-refractivity contribution < 1.29 is 18.7 Å². The molecular formula is C17H13ClFNO3S. The molecule has 4 nitrogen and oxygen atoms in total. The molecule has 7 heteroatoms. The second kappa shape index (κ2) is 6.83. The van der Waals surface area contributed by atoms with Crippen LogP contribution in [0.25, 0.3) is 0 Å². The topological polar surface area (TPSA) is 46.6 Å². The standard InChI is InChI=1S/C17H13ClFNO3S/c1-23-17(22)10-5-7-11(8-6-10)20-14(21)9-24-16(20)15-12(18)3-2-4-13(15)19/h2-8,16H,9H2,1H3/t16-/m0/s1. The number of ether oxygens (including phenoxy) is 1. The fraction of sp³-hybridized carbons (Fsp3) is 0.176. The van der Waals surface area contributed by atoms with Gasteiger partial charge in [-0.3, -0.25) is 9.69 Å². The van der Waals surface area contributed by atoms with Crippen LogP contribution >= 0.6 is 23.4 Å². The first kappa shape index (κ1) is 16.8. The van der Waals surface area contributed by atoms with E-state index in [1.165, 1.54) is 35.9 Å². The number of hydrogen-bond donors (Lipinski definition) is 0. The lowest BCUT2D eigenvalue weighted by Gasteiger charge is -2.25. The summed E-state index contributed by atoms with van der Waals surface area (Å²) in [4.78, 5) is 25.3. The van der Waals surface area contributed by atoms with Crippen LogP contribution in [0, 0.1) is 5.82 Å². The second-order valence-electron chi connectivity index (χ2n) is 5.10. The molecule has 1 amide bonds. The van der Waals surface area contributed by atoms with Gasteiger partial charge in [-0.2, -0.15) is 0 Å². The molecule has 0 saturated carbocycles. The Kier molecular flexibility index (Phi) is 4.78. The third-order valence-corrected chi connectivity index (χ3v) is 5.19. The van der Waals surface area contributed by atoms with Gasteiger partial charge in [-0.05, 0) is 36.4 Å². The van der Waals surface area contributed by atoms with Gasteiger partial charge in [0.2, 0.25) is 5.91 Å². The molecule has 0 radical (unpaired) electrons. The summed E-state index contributed by atoms with van der Waals surface area (Å²) in [5.74, 6) is -0.827. The fourth-order valence-electron chi connectivity index (χ4n) is 2.54. The third-order valence-electron chi connectivity index (χ3n) is 3.68. The molecule has 1 aliphatic heterocycles. The van der Waals surface area contributed by atoms with Gasteiger partial charge in [0.05, 0.1) is 18.4 Å². The van der Waals surface area contributed by atoms with E-state index in [1.807, 2.05) is 0 Å². The summed E-state index contributed by atoms with van der Waals surface area (Å²) < 4.78 is 18.9. The molecule has 0 spiro atoms. The first-order chi connectivity index (χ1) is 11.5. The molecule has 0 aliphatic carbocycles. The van der Waals surface area contributed by atoms with Gasteiger partial charge in [0.15, 0.2) is 0 Å². The monoisotopic (exact) mass is 365 g/mol. The molecule has 0 bridgehead atoms. The van der Waals surface area contributed by atoms with Gasteiger partial charge in [-0.25, -0.2) is 9.18 Å². The van der Waals surface area contributed by atoms with Crippen LogP contribution in [-0.2, 0) is 9.53 Å². The predicted molar refractivity (Wildman–Crippen MR) is 91.9 cm³/mol. The Bertz CT molecular complexity index is 777. The number of carbonyl (C=O) groups excluding carboxylic acids is 2. The molecule has 0 unspecified atom stereocenters. The number of halogens is 2. The van der Waals surface area contributed by atoms with Crippen molar-refractivity contribution in [2.24, 2.45) is 0 Å². The lowest BCUT2D eigenvalue weighted by atomic mass is 10.1. The van der Waals surface area contributed by atoms with Gasteiger partial charge in [0, 0.05) is 16.3 Å². The minimum absolute atomic E-state index is 0.143. The van der Waals surface area contributed by atoms with Crippen LogP contribution in [-0.4, -0.2) is 24.7 Å². The molecule has 0 aromatic heterocycles. The number of benzene rings is 2. The average Bonchev–Trinajstić information content (AvgIpc) is 2.95. The van der Waals surface area contributed by atoms with Crippen molar-refractivity contribution in [3.05, 3.63) is 64.4 Å². The van der Waals surface area contributed by atoms with Gasteiger partial charge in [-0.1, -0.05) is 17.7 Å². The van der Waals surface area contributed by atoms with Crippen molar-refractivity contribution >= 4 is 40.9 Å². The Morgan fingerprint density at radius 1 is 1.29 bits per heavy atom. The van der Waals surface area contributed by atoms with E-state index in [-0.39, 0.29) is 22.2 Å². The molecule has 1 saturated heterocycles. The van der Waals surface area contributed by atoms with E-state index < -0.39 is 17.2 Å². The maximum absolute atomic E-state index is 14.2. The quantitative estimate of drug-likeness (QED) is 0.770. The van der Waals surface area contributed by atoms with Crippen LogP contribution in [0.2, 0.25) is 5.02 Å². The Labute approximate surface area is 147 Å². The molecule has 1 atom stereocenters. The Morgan fingerprint density at radius 2 is 2.00 bits per heavy atom. The Morgan fingerprint density at radius 3 is 2.62 bits per heavy atom. The number of nitrogens with zero attached hydrogens (tertiary/aromatic N) is 1. The minimum atomic E-state index is -0.546. The lowest BCUT2D eigenvalue weighted by Crippen LogP contribution is -2.28. The van der Waals surface area contributed by atoms with E-state index in [2.05, 4.69) is 4.74 Å². The van der Waals surface area contributed by atoms with E-state index in [1.54, 1.807) is 30.3 Å². The number of rotatable bonds is 3. The molecule has 1 fully saturated rings. The van der Waals surface area contributed by atoms with Crippen LogP contribution in [0.1, 0.15) is 21.3 Å². The number of amides is 1. The van der Waals surface area contributed by atoms with Crippen molar-refractivity contribution in [2.45, 2.75) is 5.37 Å². The number of anilines is 1. The summed E-state index contributed by atoms with van der Waals surface area (Å²) in [6, 6.07) is 10.9. The van der Waals surface area contributed by atoms with Crippen LogP contribution in [0.3, 0.4) is 0 Å². The molecule has 1 heterocycles. The molecule has 2 aromatic rings. The van der Waals surface area contributed by atoms with Crippen LogP contribution in [0.4, 0.5) is 10.1 Å². The van der Waals surface area contributed by atoms with Crippen molar-refractivity contribution in [1.82, 2.24) is 0 Å². The van der Waals surface area contributed by atoms with E-state index in [0.717, 1.165) is 0 Å². The first-order valence-corrected chi connectivity index (χ1v) is 8.51. The number of methoxy groups -OCH3 is 1. The molecule has 2 aromatic carbocycles. The number of carbonyl (C=O) groups is 2. The van der Waals surface area contributed by atoms with E-state index in [9.17, 15) is 14.0 Å². The number of hydrogen-bond acceptors (Lipinski definition) is 4. The fourth-order valence-corrected chi connectivity index (χ4v) is 4.10. The van der Waals surface area contributed by atoms with E-state index in [0.29, 0.717) is 11.3 Å². The summed E-state index contributed by atoms with van der Waals surface area (Å²) >= 11 is 7.45. The summed E-state index contributed by atoms with van der Waals surface area (Å²) in [5, 5.41) is -0.270. The zero-order valence-electron chi connectivity index (χ0n) is 12.7. The van der Waals surface area contributed by atoms with Crippen LogP contribution in [0.5, 0.6) is 0 Å². The van der Waals surface area contributed by atoms with Crippen molar-refractivity contribution in [3.63, 3.8) is 0 Å².